The van der Waals surface area contributed by atoms with Gasteiger partial charge in [0.05, 0.1) is 0 Å². The van der Waals surface area contributed by atoms with Crippen molar-refractivity contribution in [1.29, 1.82) is 0 Å². The van der Waals surface area contributed by atoms with Gasteiger partial charge < -0.3 is 10.6 Å². The molecule has 0 amide bonds. The highest BCUT2D eigenvalue weighted by atomic mass is 14.9. The van der Waals surface area contributed by atoms with E-state index in [0.717, 1.165) is 35.6 Å². The fourth-order valence-electron chi connectivity index (χ4n) is 6.08. The Labute approximate surface area is 275 Å². The quantitative estimate of drug-likeness (QED) is 0.138. The molecule has 0 aromatic heterocycles. The highest BCUT2D eigenvalue weighted by Gasteiger charge is 2.19. The van der Waals surface area contributed by atoms with Crippen molar-refractivity contribution in [2.45, 2.75) is 52.4 Å². The van der Waals surface area contributed by atoms with Gasteiger partial charge in [-0.25, -0.2) is 0 Å². The van der Waals surface area contributed by atoms with Crippen molar-refractivity contribution in [2.24, 2.45) is 0 Å². The third-order valence-corrected chi connectivity index (χ3v) is 8.64. The van der Waals surface area contributed by atoms with Gasteiger partial charge in [-0.15, -0.1) is 0 Å². The van der Waals surface area contributed by atoms with E-state index in [1.807, 2.05) is 6.07 Å². The minimum atomic E-state index is 1.07. The molecule has 0 heterocycles. The van der Waals surface area contributed by atoms with E-state index in [9.17, 15) is 0 Å². The molecule has 2 N–H and O–H groups in total. The smallest absolute Gasteiger partial charge is 0.0470 e. The number of para-hydroxylation sites is 2. The Morgan fingerprint density at radius 2 is 0.848 bits per heavy atom. The van der Waals surface area contributed by atoms with E-state index in [2.05, 4.69) is 164 Å². The van der Waals surface area contributed by atoms with E-state index in [-0.39, 0.29) is 0 Å². The zero-order valence-electron chi connectivity index (χ0n) is 27.1. The van der Waals surface area contributed by atoms with Crippen LogP contribution in [0, 0.1) is 0 Å². The fourth-order valence-corrected chi connectivity index (χ4v) is 6.08. The number of anilines is 4. The number of hydrogen-bond donors (Lipinski definition) is 2. The summed E-state index contributed by atoms with van der Waals surface area (Å²) in [6.45, 7) is 4.51. The summed E-state index contributed by atoms with van der Waals surface area (Å²) in [6.07, 6.45) is 7.04. The highest BCUT2D eigenvalue weighted by Crippen LogP contribution is 2.45. The van der Waals surface area contributed by atoms with Crippen molar-refractivity contribution in [1.82, 2.24) is 0 Å². The van der Waals surface area contributed by atoms with Gasteiger partial charge in [0.1, 0.15) is 0 Å². The normalized spacial score (nSPS) is 10.9. The van der Waals surface area contributed by atoms with Crippen molar-refractivity contribution in [3.05, 3.63) is 157 Å². The second kappa shape index (κ2) is 15.3. The van der Waals surface area contributed by atoms with E-state index < -0.39 is 0 Å². The van der Waals surface area contributed by atoms with Crippen LogP contribution in [-0.4, -0.2) is 0 Å². The van der Waals surface area contributed by atoms with E-state index in [4.69, 9.17) is 0 Å². The first-order valence-corrected chi connectivity index (χ1v) is 16.8. The molecule has 0 fully saturated rings. The molecular formula is C44H44N2. The molecule has 0 unspecified atom stereocenters. The minimum absolute atomic E-state index is 1.07. The molecule has 230 valence electrons. The van der Waals surface area contributed by atoms with Gasteiger partial charge in [0, 0.05) is 28.3 Å². The summed E-state index contributed by atoms with van der Waals surface area (Å²) in [5, 5.41) is 7.31. The second-order valence-corrected chi connectivity index (χ2v) is 12.1. The zero-order valence-corrected chi connectivity index (χ0v) is 27.1. The molecule has 6 aromatic rings. The van der Waals surface area contributed by atoms with Crippen LogP contribution in [0.1, 0.15) is 50.7 Å². The summed E-state index contributed by atoms with van der Waals surface area (Å²) in [4.78, 5) is 0. The maximum Gasteiger partial charge on any atom is 0.0470 e. The van der Waals surface area contributed by atoms with Crippen molar-refractivity contribution >= 4 is 22.7 Å². The van der Waals surface area contributed by atoms with Crippen LogP contribution in [0.15, 0.2) is 146 Å². The molecule has 2 nitrogen and oxygen atoms in total. The molecule has 0 radical (unpaired) electrons. The third-order valence-electron chi connectivity index (χ3n) is 8.64. The van der Waals surface area contributed by atoms with Gasteiger partial charge in [0.15, 0.2) is 0 Å². The fraction of sp³-hybridized carbons (Fsp3) is 0.182. The summed E-state index contributed by atoms with van der Waals surface area (Å²) in [6, 6.07) is 52.7. The van der Waals surface area contributed by atoms with Crippen LogP contribution in [0.3, 0.4) is 0 Å². The second-order valence-electron chi connectivity index (χ2n) is 12.1. The SMILES string of the molecule is CCCCc1ccc(-c2c(Nc3ccccc3)ccc(-c3ccc(Nc4ccccc4)cc3)c2-c2ccc(CCCC)cc2)cc1. The summed E-state index contributed by atoms with van der Waals surface area (Å²) >= 11 is 0. The van der Waals surface area contributed by atoms with Gasteiger partial charge in [0.2, 0.25) is 0 Å². The van der Waals surface area contributed by atoms with Crippen molar-refractivity contribution in [2.75, 3.05) is 10.6 Å². The monoisotopic (exact) mass is 600 g/mol. The topological polar surface area (TPSA) is 24.1 Å². The van der Waals surface area contributed by atoms with E-state index in [0.29, 0.717) is 0 Å². The maximum atomic E-state index is 3.77. The number of rotatable bonds is 13. The Morgan fingerprint density at radius 1 is 0.391 bits per heavy atom. The van der Waals surface area contributed by atoms with Crippen molar-refractivity contribution < 1.29 is 0 Å². The van der Waals surface area contributed by atoms with Crippen LogP contribution < -0.4 is 10.6 Å². The van der Waals surface area contributed by atoms with Gasteiger partial charge in [-0.05, 0) is 107 Å². The Bertz CT molecular complexity index is 1810. The lowest BCUT2D eigenvalue weighted by atomic mass is 9.85. The summed E-state index contributed by atoms with van der Waals surface area (Å²) in [5.74, 6) is 0. The first kappa shape index (κ1) is 30.9. The van der Waals surface area contributed by atoms with Crippen LogP contribution in [0.4, 0.5) is 22.7 Å². The van der Waals surface area contributed by atoms with Gasteiger partial charge in [0.25, 0.3) is 0 Å². The number of nitrogens with one attached hydrogen (secondary N) is 2. The Hall–Kier alpha value is -5.08. The van der Waals surface area contributed by atoms with Gasteiger partial charge in [-0.2, -0.15) is 0 Å². The molecule has 0 aliphatic heterocycles. The summed E-state index contributed by atoms with van der Waals surface area (Å²) in [5.41, 5.74) is 14.4. The van der Waals surface area contributed by atoms with Crippen molar-refractivity contribution in [3.63, 3.8) is 0 Å². The zero-order chi connectivity index (χ0) is 31.6. The summed E-state index contributed by atoms with van der Waals surface area (Å²) < 4.78 is 0. The van der Waals surface area contributed by atoms with Crippen molar-refractivity contribution in [3.8, 4) is 33.4 Å². The maximum absolute atomic E-state index is 3.77. The molecule has 6 aromatic carbocycles. The molecule has 6 rings (SSSR count). The first-order chi connectivity index (χ1) is 22.7. The van der Waals surface area contributed by atoms with E-state index in [1.54, 1.807) is 0 Å². The summed E-state index contributed by atoms with van der Waals surface area (Å²) in [7, 11) is 0. The predicted molar refractivity (Wildman–Crippen MR) is 199 cm³/mol. The van der Waals surface area contributed by atoms with E-state index >= 15 is 0 Å². The average molecular weight is 601 g/mol. The standard InChI is InChI=1S/C44H44N2/c1-3-5-13-33-19-23-36(24-20-33)43-41(35-27-29-40(30-28-35)45-38-15-9-7-10-16-38)31-32-42(46-39-17-11-8-12-18-39)44(43)37-25-21-34(22-26-37)14-6-4-2/h7-12,15-32,45-46H,3-6,13-14H2,1-2H3. The Kier molecular flexibility index (Phi) is 10.3. The Balaban J connectivity index is 1.50. The van der Waals surface area contributed by atoms with Gasteiger partial charge in [-0.3, -0.25) is 0 Å². The van der Waals surface area contributed by atoms with Crippen LogP contribution >= 0.6 is 0 Å². The first-order valence-electron chi connectivity index (χ1n) is 16.8. The highest BCUT2D eigenvalue weighted by molar-refractivity contribution is 6.01. The molecule has 0 aliphatic rings. The number of hydrogen-bond acceptors (Lipinski definition) is 2. The lowest BCUT2D eigenvalue weighted by molar-refractivity contribution is 0.795. The minimum Gasteiger partial charge on any atom is -0.356 e. The molecule has 0 aliphatic carbocycles. The van der Waals surface area contributed by atoms with Crippen LogP contribution in [0.25, 0.3) is 33.4 Å². The Morgan fingerprint density at radius 3 is 1.37 bits per heavy atom. The number of benzene rings is 6. The van der Waals surface area contributed by atoms with Crippen LogP contribution in [-0.2, 0) is 12.8 Å². The average Bonchev–Trinajstić information content (AvgIpc) is 3.11. The number of aryl methyl sites for hydroxylation is 2. The lowest BCUT2D eigenvalue weighted by Crippen LogP contribution is -1.99. The largest absolute Gasteiger partial charge is 0.356 e. The molecule has 46 heavy (non-hydrogen) atoms. The number of unbranched alkanes of at least 4 members (excludes halogenated alkanes) is 2. The third kappa shape index (κ3) is 7.58. The van der Waals surface area contributed by atoms with E-state index in [1.165, 1.54) is 70.2 Å². The molecule has 0 saturated heterocycles. The van der Waals surface area contributed by atoms with Crippen LogP contribution in [0.5, 0.6) is 0 Å². The molecule has 0 spiro atoms. The molecule has 2 heteroatoms. The lowest BCUT2D eigenvalue weighted by Gasteiger charge is -2.22. The molecule has 0 bridgehead atoms. The molecule has 0 atom stereocenters. The molecule has 0 saturated carbocycles. The van der Waals surface area contributed by atoms with Gasteiger partial charge in [-0.1, -0.05) is 130 Å². The molecular weight excluding hydrogens is 556 g/mol. The van der Waals surface area contributed by atoms with Crippen LogP contribution in [0.2, 0.25) is 0 Å². The predicted octanol–water partition coefficient (Wildman–Crippen LogP) is 12.9. The van der Waals surface area contributed by atoms with Gasteiger partial charge >= 0.3 is 0 Å².